The maximum absolute atomic E-state index is 9.82. The summed E-state index contributed by atoms with van der Waals surface area (Å²) in [5.74, 6) is 1.43. The largest absolute Gasteiger partial charge is 0.504 e. The molecule has 1 heterocycles. The van der Waals surface area contributed by atoms with Crippen LogP contribution in [0.2, 0.25) is 0 Å². The van der Waals surface area contributed by atoms with Crippen molar-refractivity contribution in [2.75, 3.05) is 20.0 Å². The number of aryl methyl sites for hydroxylation is 1. The number of rotatable bonds is 3. The summed E-state index contributed by atoms with van der Waals surface area (Å²) in [5, 5.41) is 13.9. The van der Waals surface area contributed by atoms with Crippen LogP contribution in [0.4, 0.5) is 5.82 Å². The highest BCUT2D eigenvalue weighted by Crippen LogP contribution is 2.40. The number of phenolic OH excluding ortho intramolecular Hbond substituents is 1. The Balaban J connectivity index is 2.63. The van der Waals surface area contributed by atoms with Gasteiger partial charge in [-0.2, -0.15) is 5.10 Å². The van der Waals surface area contributed by atoms with Gasteiger partial charge in [0.25, 0.3) is 0 Å². The van der Waals surface area contributed by atoms with Gasteiger partial charge in [0.05, 0.1) is 20.4 Å². The highest BCUT2D eigenvalue weighted by atomic mass is 16.5. The Labute approximate surface area is 105 Å². The Morgan fingerprint density at radius 1 is 1.17 bits per heavy atom. The molecule has 0 atom stereocenters. The van der Waals surface area contributed by atoms with Gasteiger partial charge in [0, 0.05) is 24.2 Å². The lowest BCUT2D eigenvalue weighted by molar-refractivity contribution is 0.365. The Morgan fingerprint density at radius 2 is 1.83 bits per heavy atom. The van der Waals surface area contributed by atoms with Crippen LogP contribution in [0.3, 0.4) is 0 Å². The van der Waals surface area contributed by atoms with Gasteiger partial charge in [-0.05, 0) is 6.07 Å². The fraction of sp³-hybridized carbons (Fsp3) is 0.250. The van der Waals surface area contributed by atoms with Crippen molar-refractivity contribution in [2.24, 2.45) is 7.05 Å². The standard InChI is InChI=1S/C12H15N3O3/c1-15-12(13)8(6-14-15)7-4-9(16)11(18-3)5-10(7)17-2/h4-6,16H,13H2,1-3H3. The van der Waals surface area contributed by atoms with Crippen molar-refractivity contribution in [1.82, 2.24) is 9.78 Å². The predicted molar refractivity (Wildman–Crippen MR) is 67.8 cm³/mol. The number of benzene rings is 1. The number of ether oxygens (including phenoxy) is 2. The van der Waals surface area contributed by atoms with Crippen LogP contribution in [0.5, 0.6) is 17.2 Å². The molecule has 0 amide bonds. The van der Waals surface area contributed by atoms with Gasteiger partial charge in [0.1, 0.15) is 11.6 Å². The number of hydrogen-bond acceptors (Lipinski definition) is 5. The predicted octanol–water partition coefficient (Wildman–Crippen LogP) is 1.39. The fourth-order valence-corrected chi connectivity index (χ4v) is 1.75. The zero-order valence-electron chi connectivity index (χ0n) is 10.5. The number of methoxy groups -OCH3 is 2. The highest BCUT2D eigenvalue weighted by molar-refractivity contribution is 5.80. The third-order valence-electron chi connectivity index (χ3n) is 2.78. The van der Waals surface area contributed by atoms with Gasteiger partial charge < -0.3 is 20.3 Å². The van der Waals surface area contributed by atoms with Crippen molar-refractivity contribution in [3.63, 3.8) is 0 Å². The zero-order chi connectivity index (χ0) is 13.3. The Morgan fingerprint density at radius 3 is 2.33 bits per heavy atom. The van der Waals surface area contributed by atoms with Crippen LogP contribution < -0.4 is 15.2 Å². The van der Waals surface area contributed by atoms with Gasteiger partial charge >= 0.3 is 0 Å². The van der Waals surface area contributed by atoms with E-state index in [0.29, 0.717) is 28.4 Å². The molecule has 0 spiro atoms. The van der Waals surface area contributed by atoms with E-state index in [1.807, 2.05) is 0 Å². The molecule has 0 aliphatic heterocycles. The lowest BCUT2D eigenvalue weighted by atomic mass is 10.1. The summed E-state index contributed by atoms with van der Waals surface area (Å²) in [5.41, 5.74) is 7.28. The van der Waals surface area contributed by atoms with E-state index in [-0.39, 0.29) is 5.75 Å². The molecule has 6 heteroatoms. The zero-order valence-corrected chi connectivity index (χ0v) is 10.5. The minimum atomic E-state index is 0.0246. The Kier molecular flexibility index (Phi) is 3.01. The van der Waals surface area contributed by atoms with Crippen LogP contribution in [0, 0.1) is 0 Å². The lowest BCUT2D eigenvalue weighted by Gasteiger charge is -2.11. The van der Waals surface area contributed by atoms with Gasteiger partial charge in [0.15, 0.2) is 11.5 Å². The number of aromatic nitrogens is 2. The molecule has 0 aliphatic carbocycles. The monoisotopic (exact) mass is 249 g/mol. The topological polar surface area (TPSA) is 82.5 Å². The first kappa shape index (κ1) is 12.1. The molecule has 6 nitrogen and oxygen atoms in total. The summed E-state index contributed by atoms with van der Waals surface area (Å²) in [7, 11) is 4.77. The molecule has 1 aromatic carbocycles. The molecule has 0 saturated heterocycles. The third kappa shape index (κ3) is 1.81. The van der Waals surface area contributed by atoms with Gasteiger partial charge in [-0.15, -0.1) is 0 Å². The van der Waals surface area contributed by atoms with Gasteiger partial charge in [-0.1, -0.05) is 0 Å². The molecule has 0 radical (unpaired) electrons. The van der Waals surface area contributed by atoms with Crippen LogP contribution in [0.25, 0.3) is 11.1 Å². The Bertz CT molecular complexity index is 578. The Hall–Kier alpha value is -2.37. The molecular formula is C12H15N3O3. The molecule has 0 bridgehead atoms. The molecule has 96 valence electrons. The van der Waals surface area contributed by atoms with Crippen molar-refractivity contribution >= 4 is 5.82 Å². The molecule has 3 N–H and O–H groups in total. The van der Waals surface area contributed by atoms with Crippen LogP contribution in [0.1, 0.15) is 0 Å². The van der Waals surface area contributed by atoms with Crippen molar-refractivity contribution < 1.29 is 14.6 Å². The quantitative estimate of drug-likeness (QED) is 0.859. The average Bonchev–Trinajstić information content (AvgIpc) is 2.70. The number of nitrogens with two attached hydrogens (primary N) is 1. The van der Waals surface area contributed by atoms with Gasteiger partial charge in [-0.3, -0.25) is 4.68 Å². The van der Waals surface area contributed by atoms with Crippen LogP contribution >= 0.6 is 0 Å². The number of anilines is 1. The van der Waals surface area contributed by atoms with E-state index in [1.54, 1.807) is 37.2 Å². The first-order chi connectivity index (χ1) is 8.58. The normalized spacial score (nSPS) is 10.4. The summed E-state index contributed by atoms with van der Waals surface area (Å²) in [6, 6.07) is 3.15. The SMILES string of the molecule is COc1cc(OC)c(-c2cnn(C)c2N)cc1O. The van der Waals surface area contributed by atoms with Crippen LogP contribution in [0.15, 0.2) is 18.3 Å². The molecule has 0 fully saturated rings. The molecular weight excluding hydrogens is 234 g/mol. The first-order valence-electron chi connectivity index (χ1n) is 5.31. The van der Waals surface area contributed by atoms with Gasteiger partial charge in [0.2, 0.25) is 0 Å². The summed E-state index contributed by atoms with van der Waals surface area (Å²) in [6.07, 6.45) is 1.62. The van der Waals surface area contributed by atoms with Crippen molar-refractivity contribution in [1.29, 1.82) is 0 Å². The molecule has 1 aromatic heterocycles. The molecule has 18 heavy (non-hydrogen) atoms. The second kappa shape index (κ2) is 4.48. The number of hydrogen-bond donors (Lipinski definition) is 2. The minimum absolute atomic E-state index is 0.0246. The van der Waals surface area contributed by atoms with E-state index >= 15 is 0 Å². The third-order valence-corrected chi connectivity index (χ3v) is 2.78. The molecule has 2 aromatic rings. The number of aromatic hydroxyl groups is 1. The van der Waals surface area contributed by atoms with E-state index in [0.717, 1.165) is 0 Å². The van der Waals surface area contributed by atoms with Crippen molar-refractivity contribution in [2.45, 2.75) is 0 Å². The van der Waals surface area contributed by atoms with Crippen molar-refractivity contribution in [3.8, 4) is 28.4 Å². The van der Waals surface area contributed by atoms with Crippen LogP contribution in [-0.2, 0) is 7.05 Å². The highest BCUT2D eigenvalue weighted by Gasteiger charge is 2.16. The maximum atomic E-state index is 9.82. The summed E-state index contributed by atoms with van der Waals surface area (Å²) in [4.78, 5) is 0. The maximum Gasteiger partial charge on any atom is 0.164 e. The van der Waals surface area contributed by atoms with Crippen LogP contribution in [-0.4, -0.2) is 29.1 Å². The van der Waals surface area contributed by atoms with Crippen molar-refractivity contribution in [3.05, 3.63) is 18.3 Å². The number of nitrogen functional groups attached to an aromatic ring is 1. The molecule has 0 unspecified atom stereocenters. The van der Waals surface area contributed by atoms with Gasteiger partial charge in [-0.25, -0.2) is 0 Å². The van der Waals surface area contributed by atoms with E-state index in [4.69, 9.17) is 15.2 Å². The number of nitrogens with zero attached hydrogens (tertiary/aromatic N) is 2. The summed E-state index contributed by atoms with van der Waals surface area (Å²) < 4.78 is 11.9. The first-order valence-corrected chi connectivity index (χ1v) is 5.31. The minimum Gasteiger partial charge on any atom is -0.504 e. The lowest BCUT2D eigenvalue weighted by Crippen LogP contribution is -1.99. The second-order valence-electron chi connectivity index (χ2n) is 3.79. The summed E-state index contributed by atoms with van der Waals surface area (Å²) >= 11 is 0. The second-order valence-corrected chi connectivity index (χ2v) is 3.79. The van der Waals surface area contributed by atoms with E-state index < -0.39 is 0 Å². The number of phenols is 1. The fourth-order valence-electron chi connectivity index (χ4n) is 1.75. The van der Waals surface area contributed by atoms with E-state index in [2.05, 4.69) is 5.10 Å². The summed E-state index contributed by atoms with van der Waals surface area (Å²) in [6.45, 7) is 0. The molecule has 0 saturated carbocycles. The smallest absolute Gasteiger partial charge is 0.164 e. The average molecular weight is 249 g/mol. The van der Waals surface area contributed by atoms with E-state index in [9.17, 15) is 5.11 Å². The van der Waals surface area contributed by atoms with E-state index in [1.165, 1.54) is 7.11 Å². The molecule has 0 aliphatic rings. The molecule has 2 rings (SSSR count).